The maximum atomic E-state index is 11.9. The molecule has 0 aliphatic heterocycles. The number of H-pyrrole nitrogens is 1. The van der Waals surface area contributed by atoms with Gasteiger partial charge in [0.2, 0.25) is 5.78 Å². The summed E-state index contributed by atoms with van der Waals surface area (Å²) in [6, 6.07) is 8.90. The van der Waals surface area contributed by atoms with E-state index in [-0.39, 0.29) is 11.6 Å². The smallest absolute Gasteiger partial charge is 0.228 e. The molecule has 0 radical (unpaired) electrons. The lowest BCUT2D eigenvalue weighted by Crippen LogP contribution is -2.03. The molecule has 1 atom stereocenters. The number of carbonyl (C=O) groups is 1. The number of nitrogens with one attached hydrogen (secondary N) is 1. The van der Waals surface area contributed by atoms with Gasteiger partial charge in [-0.3, -0.25) is 4.79 Å². The van der Waals surface area contributed by atoms with Crippen molar-refractivity contribution in [2.45, 2.75) is 13.0 Å². The average molecular weight is 216 g/mol. The first-order valence-corrected chi connectivity index (χ1v) is 5.01. The molecule has 0 amide bonds. The normalized spacial score (nSPS) is 12.4. The van der Waals surface area contributed by atoms with E-state index in [2.05, 4.69) is 9.97 Å². The van der Waals surface area contributed by atoms with Crippen molar-refractivity contribution in [3.05, 3.63) is 53.6 Å². The van der Waals surface area contributed by atoms with E-state index in [0.29, 0.717) is 11.3 Å². The minimum Gasteiger partial charge on any atom is -0.387 e. The van der Waals surface area contributed by atoms with Crippen molar-refractivity contribution in [3.8, 4) is 0 Å². The third-order valence-electron chi connectivity index (χ3n) is 2.30. The second-order valence-electron chi connectivity index (χ2n) is 3.56. The van der Waals surface area contributed by atoms with E-state index in [0.717, 1.165) is 0 Å². The number of aliphatic hydroxyl groups is 1. The lowest BCUT2D eigenvalue weighted by Gasteiger charge is -1.98. The van der Waals surface area contributed by atoms with E-state index in [1.54, 1.807) is 31.2 Å². The minimum atomic E-state index is -0.648. The minimum absolute atomic E-state index is 0.174. The van der Waals surface area contributed by atoms with Gasteiger partial charge in [0.15, 0.2) is 5.82 Å². The van der Waals surface area contributed by atoms with Gasteiger partial charge in [-0.15, -0.1) is 0 Å². The standard InChI is InChI=1S/C12H12N2O2/c1-8(15)10-7-13-12(14-10)11(16)9-5-3-2-4-6-9/h2-8,15H,1H3,(H,13,14). The molecule has 0 aliphatic carbocycles. The fraction of sp³-hybridized carbons (Fsp3) is 0.167. The van der Waals surface area contributed by atoms with E-state index in [1.165, 1.54) is 6.20 Å². The van der Waals surface area contributed by atoms with Gasteiger partial charge in [0.05, 0.1) is 18.0 Å². The lowest BCUT2D eigenvalue weighted by atomic mass is 10.1. The zero-order chi connectivity index (χ0) is 11.5. The summed E-state index contributed by atoms with van der Waals surface area (Å²) < 4.78 is 0. The van der Waals surface area contributed by atoms with Crippen molar-refractivity contribution >= 4 is 5.78 Å². The Morgan fingerprint density at radius 3 is 2.62 bits per heavy atom. The van der Waals surface area contributed by atoms with Crippen LogP contribution in [0.3, 0.4) is 0 Å². The third kappa shape index (κ3) is 2.01. The maximum Gasteiger partial charge on any atom is 0.228 e. The van der Waals surface area contributed by atoms with E-state index in [1.807, 2.05) is 6.07 Å². The second-order valence-corrected chi connectivity index (χ2v) is 3.56. The van der Waals surface area contributed by atoms with Crippen LogP contribution in [0.5, 0.6) is 0 Å². The molecule has 0 bridgehead atoms. The Morgan fingerprint density at radius 2 is 2.06 bits per heavy atom. The number of carbonyl (C=O) groups excluding carboxylic acids is 1. The van der Waals surface area contributed by atoms with Crippen molar-refractivity contribution in [1.82, 2.24) is 9.97 Å². The zero-order valence-electron chi connectivity index (χ0n) is 8.84. The molecule has 1 unspecified atom stereocenters. The number of hydrogen-bond acceptors (Lipinski definition) is 3. The Labute approximate surface area is 93.0 Å². The summed E-state index contributed by atoms with van der Waals surface area (Å²) in [6.45, 7) is 1.62. The highest BCUT2D eigenvalue weighted by atomic mass is 16.3. The first-order valence-electron chi connectivity index (χ1n) is 5.01. The van der Waals surface area contributed by atoms with Crippen molar-refractivity contribution in [1.29, 1.82) is 0 Å². The molecule has 1 aromatic heterocycles. The lowest BCUT2D eigenvalue weighted by molar-refractivity contribution is 0.103. The van der Waals surface area contributed by atoms with Gasteiger partial charge < -0.3 is 10.1 Å². The first kappa shape index (κ1) is 10.6. The summed E-state index contributed by atoms with van der Waals surface area (Å²) >= 11 is 0. The monoisotopic (exact) mass is 216 g/mol. The van der Waals surface area contributed by atoms with Crippen LogP contribution in [0.2, 0.25) is 0 Å². The predicted octanol–water partition coefficient (Wildman–Crippen LogP) is 1.69. The number of aromatic nitrogens is 2. The number of benzene rings is 1. The molecule has 1 heterocycles. The molecule has 4 heteroatoms. The van der Waals surface area contributed by atoms with Gasteiger partial charge >= 0.3 is 0 Å². The van der Waals surface area contributed by atoms with Gasteiger partial charge in [0.25, 0.3) is 0 Å². The van der Waals surface area contributed by atoms with Crippen molar-refractivity contribution in [3.63, 3.8) is 0 Å². The van der Waals surface area contributed by atoms with Gasteiger partial charge in [-0.05, 0) is 6.92 Å². The number of aromatic amines is 1. The highest BCUT2D eigenvalue weighted by Crippen LogP contribution is 2.11. The zero-order valence-corrected chi connectivity index (χ0v) is 8.84. The van der Waals surface area contributed by atoms with Gasteiger partial charge in [-0.1, -0.05) is 30.3 Å². The number of rotatable bonds is 3. The van der Waals surface area contributed by atoms with Crippen molar-refractivity contribution < 1.29 is 9.90 Å². The van der Waals surface area contributed by atoms with E-state index >= 15 is 0 Å². The molecule has 0 saturated heterocycles. The molecular formula is C12H12N2O2. The van der Waals surface area contributed by atoms with Gasteiger partial charge in [-0.25, -0.2) is 4.98 Å². The molecule has 0 fully saturated rings. The Morgan fingerprint density at radius 1 is 1.38 bits per heavy atom. The van der Waals surface area contributed by atoms with Crippen LogP contribution in [0.15, 0.2) is 36.5 Å². The van der Waals surface area contributed by atoms with E-state index in [4.69, 9.17) is 0 Å². The molecule has 0 saturated carbocycles. The molecule has 4 nitrogen and oxygen atoms in total. The Kier molecular flexibility index (Phi) is 2.83. The molecular weight excluding hydrogens is 204 g/mol. The number of aliphatic hydroxyl groups excluding tert-OH is 1. The predicted molar refractivity (Wildman–Crippen MR) is 59.1 cm³/mol. The average Bonchev–Trinajstić information content (AvgIpc) is 2.78. The molecule has 0 spiro atoms. The summed E-state index contributed by atoms with van der Waals surface area (Å²) in [5.41, 5.74) is 1.12. The number of hydrogen-bond donors (Lipinski definition) is 2. The number of imidazole rings is 1. The van der Waals surface area contributed by atoms with Crippen LogP contribution in [0.25, 0.3) is 0 Å². The number of ketones is 1. The highest BCUT2D eigenvalue weighted by molar-refractivity contribution is 6.06. The van der Waals surface area contributed by atoms with Crippen molar-refractivity contribution in [2.24, 2.45) is 0 Å². The van der Waals surface area contributed by atoms with Gasteiger partial charge in [-0.2, -0.15) is 0 Å². The first-order chi connectivity index (χ1) is 7.68. The van der Waals surface area contributed by atoms with Gasteiger partial charge in [0, 0.05) is 5.56 Å². The summed E-state index contributed by atoms with van der Waals surface area (Å²) in [7, 11) is 0. The fourth-order valence-electron chi connectivity index (χ4n) is 1.39. The third-order valence-corrected chi connectivity index (χ3v) is 2.30. The van der Waals surface area contributed by atoms with Crippen LogP contribution in [0.4, 0.5) is 0 Å². The summed E-state index contributed by atoms with van der Waals surface area (Å²) in [5.74, 6) is 0.0783. The van der Waals surface area contributed by atoms with Gasteiger partial charge in [0.1, 0.15) is 0 Å². The molecule has 16 heavy (non-hydrogen) atoms. The molecule has 2 N–H and O–H groups in total. The molecule has 2 rings (SSSR count). The quantitative estimate of drug-likeness (QED) is 0.767. The SMILES string of the molecule is CC(O)c1cnc(C(=O)c2ccccc2)[nH]1. The number of nitrogens with zero attached hydrogens (tertiary/aromatic N) is 1. The van der Waals surface area contributed by atoms with Crippen LogP contribution in [0.1, 0.15) is 34.9 Å². The Bertz CT molecular complexity index is 489. The Balaban J connectivity index is 2.28. The topological polar surface area (TPSA) is 66.0 Å². The molecule has 2 aromatic rings. The molecule has 0 aliphatic rings. The van der Waals surface area contributed by atoms with Crippen LogP contribution in [-0.4, -0.2) is 20.9 Å². The summed E-state index contributed by atoms with van der Waals surface area (Å²) in [4.78, 5) is 18.7. The molecule has 1 aromatic carbocycles. The molecule has 82 valence electrons. The fourth-order valence-corrected chi connectivity index (χ4v) is 1.39. The summed E-state index contributed by atoms with van der Waals surface area (Å²) in [5, 5.41) is 9.31. The van der Waals surface area contributed by atoms with Crippen LogP contribution in [0, 0.1) is 0 Å². The maximum absolute atomic E-state index is 11.9. The van der Waals surface area contributed by atoms with E-state index < -0.39 is 6.10 Å². The van der Waals surface area contributed by atoms with Crippen LogP contribution < -0.4 is 0 Å². The van der Waals surface area contributed by atoms with Crippen molar-refractivity contribution in [2.75, 3.05) is 0 Å². The van der Waals surface area contributed by atoms with Crippen LogP contribution in [-0.2, 0) is 0 Å². The largest absolute Gasteiger partial charge is 0.387 e. The van der Waals surface area contributed by atoms with E-state index in [9.17, 15) is 9.90 Å². The van der Waals surface area contributed by atoms with Crippen LogP contribution >= 0.6 is 0 Å². The highest BCUT2D eigenvalue weighted by Gasteiger charge is 2.13. The second kappa shape index (κ2) is 4.28. The summed E-state index contributed by atoms with van der Waals surface area (Å²) in [6.07, 6.45) is 0.825. The Hall–Kier alpha value is -1.94.